The molecule has 10 nitrogen and oxygen atoms in total. The van der Waals surface area contributed by atoms with Crippen LogP contribution in [0.25, 0.3) is 0 Å². The van der Waals surface area contributed by atoms with Crippen LogP contribution in [0.3, 0.4) is 0 Å². The summed E-state index contributed by atoms with van der Waals surface area (Å²) in [4.78, 5) is 22.2. The molecule has 0 radical (unpaired) electrons. The summed E-state index contributed by atoms with van der Waals surface area (Å²) in [5.41, 5.74) is 2.95. The number of nitro benzene ring substituents is 1. The van der Waals surface area contributed by atoms with E-state index in [2.05, 4.69) is 49.0 Å². The van der Waals surface area contributed by atoms with Crippen molar-refractivity contribution in [1.29, 1.82) is 0 Å². The Morgan fingerprint density at radius 2 is 1.94 bits per heavy atom. The molecule has 0 bridgehead atoms. The van der Waals surface area contributed by atoms with Gasteiger partial charge in [0.1, 0.15) is 4.90 Å². The lowest BCUT2D eigenvalue weighted by Crippen LogP contribution is -2.17. The average molecular weight is 674 g/mol. The molecule has 0 atom stereocenters. The predicted octanol–water partition coefficient (Wildman–Crippen LogP) is 4.89. The number of non-ortho nitro benzene ring substituents is 1. The second-order valence-corrected chi connectivity index (χ2v) is 10.4. The van der Waals surface area contributed by atoms with E-state index in [9.17, 15) is 23.3 Å². The maximum atomic E-state index is 12.8. The van der Waals surface area contributed by atoms with Crippen LogP contribution in [0.5, 0.6) is 11.5 Å². The Balaban J connectivity index is 1.85. The van der Waals surface area contributed by atoms with Gasteiger partial charge in [0.2, 0.25) is 0 Å². The third-order valence-electron chi connectivity index (χ3n) is 4.31. The minimum atomic E-state index is -4.41. The number of ether oxygens (including phenoxy) is 1. The van der Waals surface area contributed by atoms with Crippen molar-refractivity contribution in [3.05, 3.63) is 89.9 Å². The number of hydrogen-bond donors (Lipinski definition) is 1. The number of hydrogen-bond acceptors (Lipinski definition) is 8. The number of halogens is 2. The van der Waals surface area contributed by atoms with Gasteiger partial charge in [-0.1, -0.05) is 12.1 Å². The molecular weight excluding hydrogens is 657 g/mol. The molecule has 3 aromatic rings. The highest BCUT2D eigenvalue weighted by Gasteiger charge is 2.24. The molecule has 0 aliphatic heterocycles. The molecule has 1 amide bonds. The number of carbonyl (C=O) groups is 1. The Kier molecular flexibility index (Phi) is 8.80. The molecule has 0 saturated heterocycles. The van der Waals surface area contributed by atoms with Crippen molar-refractivity contribution in [3.63, 3.8) is 0 Å². The van der Waals surface area contributed by atoms with Crippen molar-refractivity contribution in [2.75, 3.05) is 6.61 Å². The lowest BCUT2D eigenvalue weighted by molar-refractivity contribution is -0.385. The maximum absolute atomic E-state index is 12.8. The number of rotatable bonds is 9. The summed E-state index contributed by atoms with van der Waals surface area (Å²) in [6, 6.07) is 14.5. The molecule has 3 aromatic carbocycles. The van der Waals surface area contributed by atoms with Gasteiger partial charge in [0.25, 0.3) is 11.6 Å². The predicted molar refractivity (Wildman–Crippen MR) is 140 cm³/mol. The number of nitro groups is 1. The van der Waals surface area contributed by atoms with E-state index in [1.165, 1.54) is 36.5 Å². The molecule has 0 aliphatic rings. The Labute approximate surface area is 222 Å². The van der Waals surface area contributed by atoms with Gasteiger partial charge in [-0.05, 0) is 87.4 Å². The van der Waals surface area contributed by atoms with E-state index >= 15 is 0 Å². The van der Waals surface area contributed by atoms with Crippen LogP contribution in [0.1, 0.15) is 22.8 Å². The second kappa shape index (κ2) is 11.6. The van der Waals surface area contributed by atoms with Gasteiger partial charge in [0.15, 0.2) is 11.5 Å². The SMILES string of the molecule is CCOc1cc(/C=N\NC(=O)c2cccc(I)c2)cc(Br)c1OS(=O)(=O)c1cccc([N+](=O)[O-])c1. The van der Waals surface area contributed by atoms with Crippen LogP contribution in [0, 0.1) is 13.7 Å². The van der Waals surface area contributed by atoms with Crippen molar-refractivity contribution in [2.45, 2.75) is 11.8 Å². The Morgan fingerprint density at radius 3 is 2.63 bits per heavy atom. The molecule has 1 N–H and O–H groups in total. The topological polar surface area (TPSA) is 137 Å². The van der Waals surface area contributed by atoms with Crippen molar-refractivity contribution in [1.82, 2.24) is 5.43 Å². The van der Waals surface area contributed by atoms with E-state index in [1.54, 1.807) is 25.1 Å². The molecule has 182 valence electrons. The standard InChI is InChI=1S/C22H17BrIN3O7S/c1-2-33-20-10-14(13-25-26-22(28)15-5-3-6-16(24)11-15)9-19(23)21(20)34-35(31,32)18-8-4-7-17(12-18)27(29)30/h3-13H,2H2,1H3,(H,26,28)/b25-13-. The van der Waals surface area contributed by atoms with Crippen LogP contribution in [0.4, 0.5) is 5.69 Å². The summed E-state index contributed by atoms with van der Waals surface area (Å²) in [7, 11) is -4.41. The van der Waals surface area contributed by atoms with Crippen molar-refractivity contribution in [3.8, 4) is 11.5 Å². The summed E-state index contributed by atoms with van der Waals surface area (Å²) in [6.07, 6.45) is 1.36. The molecule has 0 spiro atoms. The molecule has 0 aliphatic carbocycles. The number of carbonyl (C=O) groups excluding carboxylic acids is 1. The van der Waals surface area contributed by atoms with Gasteiger partial charge in [-0.25, -0.2) is 5.43 Å². The number of amides is 1. The van der Waals surface area contributed by atoms with Crippen molar-refractivity contribution >= 4 is 66.4 Å². The normalized spacial score (nSPS) is 11.3. The molecule has 0 unspecified atom stereocenters. The lowest BCUT2D eigenvalue weighted by atomic mass is 10.2. The maximum Gasteiger partial charge on any atom is 0.339 e. The summed E-state index contributed by atoms with van der Waals surface area (Å²) in [6.45, 7) is 1.90. The van der Waals surface area contributed by atoms with Crippen LogP contribution in [-0.4, -0.2) is 32.1 Å². The van der Waals surface area contributed by atoms with Crippen LogP contribution in [0.15, 0.2) is 75.1 Å². The quantitative estimate of drug-likeness (QED) is 0.112. The minimum Gasteiger partial charge on any atom is -0.490 e. The summed E-state index contributed by atoms with van der Waals surface area (Å²) < 4.78 is 37.5. The monoisotopic (exact) mass is 673 g/mol. The van der Waals surface area contributed by atoms with Gasteiger partial charge in [-0.3, -0.25) is 14.9 Å². The van der Waals surface area contributed by atoms with E-state index in [1.807, 2.05) is 6.07 Å². The zero-order valence-corrected chi connectivity index (χ0v) is 22.5. The van der Waals surface area contributed by atoms with Crippen molar-refractivity contribution in [2.24, 2.45) is 5.10 Å². The second-order valence-electron chi connectivity index (χ2n) is 6.76. The molecule has 0 aromatic heterocycles. The van der Waals surface area contributed by atoms with Gasteiger partial charge >= 0.3 is 10.1 Å². The molecule has 13 heteroatoms. The van der Waals surface area contributed by atoms with Gasteiger partial charge < -0.3 is 8.92 Å². The highest BCUT2D eigenvalue weighted by molar-refractivity contribution is 14.1. The first-order chi connectivity index (χ1) is 16.6. The number of nitrogens with zero attached hydrogens (tertiary/aromatic N) is 2. The van der Waals surface area contributed by atoms with E-state index in [0.717, 1.165) is 9.64 Å². The first-order valence-electron chi connectivity index (χ1n) is 9.85. The Bertz CT molecular complexity index is 1410. The Hall–Kier alpha value is -3.04. The fourth-order valence-corrected chi connectivity index (χ4v) is 4.97. The number of benzene rings is 3. The largest absolute Gasteiger partial charge is 0.490 e. The molecule has 35 heavy (non-hydrogen) atoms. The zero-order valence-electron chi connectivity index (χ0n) is 18.0. The van der Waals surface area contributed by atoms with E-state index in [0.29, 0.717) is 11.1 Å². The highest BCUT2D eigenvalue weighted by atomic mass is 127. The fraction of sp³-hybridized carbons (Fsp3) is 0.0909. The zero-order chi connectivity index (χ0) is 25.6. The highest BCUT2D eigenvalue weighted by Crippen LogP contribution is 2.38. The third kappa shape index (κ3) is 6.99. The van der Waals surface area contributed by atoms with E-state index in [4.69, 9.17) is 8.92 Å². The van der Waals surface area contributed by atoms with Gasteiger partial charge in [0.05, 0.1) is 22.2 Å². The Morgan fingerprint density at radius 1 is 1.20 bits per heavy atom. The summed E-state index contributed by atoms with van der Waals surface area (Å²) >= 11 is 5.37. The third-order valence-corrected chi connectivity index (χ3v) is 6.79. The fourth-order valence-electron chi connectivity index (χ4n) is 2.78. The first kappa shape index (κ1) is 26.6. The van der Waals surface area contributed by atoms with Gasteiger partial charge in [-0.15, -0.1) is 0 Å². The number of nitrogens with one attached hydrogen (secondary N) is 1. The van der Waals surface area contributed by atoms with Gasteiger partial charge in [0, 0.05) is 21.3 Å². The first-order valence-corrected chi connectivity index (χ1v) is 13.1. The van der Waals surface area contributed by atoms with Crippen LogP contribution in [0.2, 0.25) is 0 Å². The van der Waals surface area contributed by atoms with E-state index in [-0.39, 0.29) is 27.5 Å². The molecular formula is C22H17BrIN3O7S. The molecule has 0 fully saturated rings. The van der Waals surface area contributed by atoms with E-state index < -0.39 is 26.6 Å². The summed E-state index contributed by atoms with van der Waals surface area (Å²) in [5.74, 6) is -0.452. The molecule has 0 saturated carbocycles. The lowest BCUT2D eigenvalue weighted by Gasteiger charge is -2.14. The molecule has 0 heterocycles. The van der Waals surface area contributed by atoms with Crippen molar-refractivity contribution < 1.29 is 27.1 Å². The molecule has 3 rings (SSSR count). The number of hydrazone groups is 1. The minimum absolute atomic E-state index is 0.0845. The van der Waals surface area contributed by atoms with Crippen LogP contribution < -0.4 is 14.3 Å². The van der Waals surface area contributed by atoms with Crippen LogP contribution >= 0.6 is 38.5 Å². The summed E-state index contributed by atoms with van der Waals surface area (Å²) in [5, 5.41) is 14.9. The van der Waals surface area contributed by atoms with Crippen LogP contribution in [-0.2, 0) is 10.1 Å². The van der Waals surface area contributed by atoms with Gasteiger partial charge in [-0.2, -0.15) is 13.5 Å². The smallest absolute Gasteiger partial charge is 0.339 e. The average Bonchev–Trinajstić information content (AvgIpc) is 2.81.